The summed E-state index contributed by atoms with van der Waals surface area (Å²) in [6.45, 7) is 4.30. The van der Waals surface area contributed by atoms with Crippen LogP contribution in [-0.2, 0) is 17.7 Å². The van der Waals surface area contributed by atoms with Gasteiger partial charge in [0.05, 0.1) is 18.8 Å². The quantitative estimate of drug-likeness (QED) is 0.545. The molecule has 0 radical (unpaired) electrons. The van der Waals surface area contributed by atoms with Gasteiger partial charge in [-0.2, -0.15) is 0 Å². The minimum Gasteiger partial charge on any atom is -0.460 e. The van der Waals surface area contributed by atoms with Crippen LogP contribution in [0.2, 0.25) is 0 Å². The van der Waals surface area contributed by atoms with E-state index in [2.05, 4.69) is 10.5 Å². The number of hydrogen-bond acceptors (Lipinski definition) is 8. The second-order valence-corrected chi connectivity index (χ2v) is 7.08. The topological polar surface area (TPSA) is 113 Å². The first-order valence-electron chi connectivity index (χ1n) is 9.92. The number of benzene rings is 1. The summed E-state index contributed by atoms with van der Waals surface area (Å²) in [5.41, 5.74) is 1.74. The molecule has 9 heteroatoms. The molecule has 1 unspecified atom stereocenters. The van der Waals surface area contributed by atoms with Gasteiger partial charge in [-0.1, -0.05) is 18.1 Å². The molecule has 0 saturated heterocycles. The Labute approximate surface area is 178 Å². The summed E-state index contributed by atoms with van der Waals surface area (Å²) in [4.78, 5) is 24.0. The molecule has 0 bridgehead atoms. The van der Waals surface area contributed by atoms with Crippen LogP contribution in [0.4, 0.5) is 0 Å². The van der Waals surface area contributed by atoms with Crippen LogP contribution >= 0.6 is 0 Å². The molecule has 3 aromatic rings. The second kappa shape index (κ2) is 8.95. The summed E-state index contributed by atoms with van der Waals surface area (Å²) in [6, 6.07) is 10.5. The van der Waals surface area contributed by atoms with E-state index >= 15 is 0 Å². The number of aromatic nitrogens is 1. The van der Waals surface area contributed by atoms with Gasteiger partial charge >= 0.3 is 5.97 Å². The second-order valence-electron chi connectivity index (χ2n) is 7.08. The van der Waals surface area contributed by atoms with Crippen LogP contribution in [0.3, 0.4) is 0 Å². The van der Waals surface area contributed by atoms with E-state index < -0.39 is 11.9 Å². The minimum atomic E-state index is -0.545. The van der Waals surface area contributed by atoms with Crippen LogP contribution in [0.25, 0.3) is 0 Å². The number of hydrogen-bond donors (Lipinski definition) is 1. The van der Waals surface area contributed by atoms with Gasteiger partial charge in [0.25, 0.3) is 5.91 Å². The zero-order chi connectivity index (χ0) is 21.8. The molecule has 162 valence electrons. The molecule has 0 aliphatic carbocycles. The fourth-order valence-corrected chi connectivity index (χ4v) is 3.19. The Bertz CT molecular complexity index is 1090. The maximum absolute atomic E-state index is 12.4. The third kappa shape index (κ3) is 4.71. The van der Waals surface area contributed by atoms with E-state index in [-0.39, 0.29) is 37.4 Å². The first-order chi connectivity index (χ1) is 15.0. The van der Waals surface area contributed by atoms with Crippen molar-refractivity contribution in [1.29, 1.82) is 0 Å². The van der Waals surface area contributed by atoms with Crippen LogP contribution in [-0.4, -0.2) is 30.4 Å². The van der Waals surface area contributed by atoms with Gasteiger partial charge in [0.2, 0.25) is 18.3 Å². The van der Waals surface area contributed by atoms with Crippen LogP contribution in [0.15, 0.2) is 45.3 Å². The van der Waals surface area contributed by atoms with E-state index in [1.54, 1.807) is 19.1 Å². The molecule has 0 saturated carbocycles. The number of carbonyl (C=O) groups is 2. The van der Waals surface area contributed by atoms with E-state index in [9.17, 15) is 9.59 Å². The summed E-state index contributed by atoms with van der Waals surface area (Å²) in [5, 5.41) is 6.71. The molecule has 1 aliphatic heterocycles. The van der Waals surface area contributed by atoms with Gasteiger partial charge in [-0.25, -0.2) is 4.79 Å². The number of nitrogens with zero attached hydrogens (tertiary/aromatic N) is 1. The molecule has 1 aliphatic rings. The molecule has 1 N–H and O–H groups in total. The van der Waals surface area contributed by atoms with Gasteiger partial charge < -0.3 is 28.5 Å². The van der Waals surface area contributed by atoms with E-state index in [1.165, 1.54) is 6.07 Å². The third-order valence-corrected chi connectivity index (χ3v) is 4.80. The largest absolute Gasteiger partial charge is 0.460 e. The standard InChI is InChI=1S/C22H22N2O7/c1-3-27-22(26)18-7-5-15(30-18)11-23-21(25)20-10-16(24-31-20)13(2)8-14-4-6-17-19(9-14)29-12-28-17/h4-7,9-10,13H,3,8,11-12H2,1-2H3,(H,23,25). The Balaban J connectivity index is 1.32. The maximum atomic E-state index is 12.4. The number of furan rings is 1. The lowest BCUT2D eigenvalue weighted by Gasteiger charge is -2.08. The fraction of sp³-hybridized carbons (Fsp3) is 0.318. The van der Waals surface area contributed by atoms with Gasteiger partial charge in [-0.3, -0.25) is 4.79 Å². The van der Waals surface area contributed by atoms with E-state index in [0.717, 1.165) is 17.1 Å². The lowest BCUT2D eigenvalue weighted by Crippen LogP contribution is -2.22. The van der Waals surface area contributed by atoms with Crippen molar-refractivity contribution in [3.63, 3.8) is 0 Å². The summed E-state index contributed by atoms with van der Waals surface area (Å²) in [7, 11) is 0. The van der Waals surface area contributed by atoms with E-state index in [1.807, 2.05) is 25.1 Å². The molecular formula is C22H22N2O7. The van der Waals surface area contributed by atoms with Crippen molar-refractivity contribution in [3.8, 4) is 11.5 Å². The molecular weight excluding hydrogens is 404 g/mol. The zero-order valence-electron chi connectivity index (χ0n) is 17.2. The lowest BCUT2D eigenvalue weighted by atomic mass is 9.97. The van der Waals surface area contributed by atoms with Crippen LogP contribution in [0, 0.1) is 0 Å². The Kier molecular flexibility index (Phi) is 5.92. The fourth-order valence-electron chi connectivity index (χ4n) is 3.19. The van der Waals surface area contributed by atoms with Crippen molar-refractivity contribution in [1.82, 2.24) is 10.5 Å². The van der Waals surface area contributed by atoms with Crippen LogP contribution in [0.1, 0.15) is 57.9 Å². The highest BCUT2D eigenvalue weighted by Crippen LogP contribution is 2.34. The number of fused-ring (bicyclic) bond motifs is 1. The van der Waals surface area contributed by atoms with Crippen molar-refractivity contribution in [2.24, 2.45) is 0 Å². The van der Waals surface area contributed by atoms with Crippen molar-refractivity contribution < 1.29 is 32.7 Å². The highest BCUT2D eigenvalue weighted by atomic mass is 16.7. The van der Waals surface area contributed by atoms with Crippen molar-refractivity contribution >= 4 is 11.9 Å². The van der Waals surface area contributed by atoms with Crippen molar-refractivity contribution in [3.05, 3.63) is 64.9 Å². The van der Waals surface area contributed by atoms with Crippen molar-refractivity contribution in [2.45, 2.75) is 32.7 Å². The summed E-state index contributed by atoms with van der Waals surface area (Å²) in [5.74, 6) is 1.14. The van der Waals surface area contributed by atoms with Gasteiger partial charge in [0, 0.05) is 12.0 Å². The number of amides is 1. The number of rotatable bonds is 8. The molecule has 0 spiro atoms. The van der Waals surface area contributed by atoms with Gasteiger partial charge in [0.1, 0.15) is 5.76 Å². The molecule has 4 rings (SSSR count). The molecule has 1 aromatic carbocycles. The van der Waals surface area contributed by atoms with Gasteiger partial charge in [-0.15, -0.1) is 0 Å². The highest BCUT2D eigenvalue weighted by molar-refractivity contribution is 5.91. The summed E-state index contributed by atoms with van der Waals surface area (Å²) < 4.78 is 26.2. The minimum absolute atomic E-state index is 0.0304. The smallest absolute Gasteiger partial charge is 0.374 e. The lowest BCUT2D eigenvalue weighted by molar-refractivity contribution is 0.0488. The third-order valence-electron chi connectivity index (χ3n) is 4.80. The first kappa shape index (κ1) is 20.5. The average Bonchev–Trinajstić information content (AvgIpc) is 3.52. The Hall–Kier alpha value is -3.75. The maximum Gasteiger partial charge on any atom is 0.374 e. The number of nitrogens with one attached hydrogen (secondary N) is 1. The number of carbonyl (C=O) groups excluding carboxylic acids is 2. The normalized spacial score (nSPS) is 13.1. The molecule has 31 heavy (non-hydrogen) atoms. The monoisotopic (exact) mass is 426 g/mol. The summed E-state index contributed by atoms with van der Waals surface area (Å²) >= 11 is 0. The molecule has 1 atom stereocenters. The number of esters is 1. The Morgan fingerprint density at radius 1 is 1.13 bits per heavy atom. The Morgan fingerprint density at radius 3 is 2.81 bits per heavy atom. The van der Waals surface area contributed by atoms with Gasteiger partial charge in [-0.05, 0) is 43.2 Å². The zero-order valence-corrected chi connectivity index (χ0v) is 17.2. The van der Waals surface area contributed by atoms with Crippen molar-refractivity contribution in [2.75, 3.05) is 13.4 Å². The predicted octanol–water partition coefficient (Wildman–Crippen LogP) is 3.45. The first-order valence-corrected chi connectivity index (χ1v) is 9.92. The van der Waals surface area contributed by atoms with E-state index in [4.69, 9.17) is 23.2 Å². The van der Waals surface area contributed by atoms with Crippen LogP contribution < -0.4 is 14.8 Å². The molecule has 2 aromatic heterocycles. The Morgan fingerprint density at radius 2 is 1.97 bits per heavy atom. The van der Waals surface area contributed by atoms with E-state index in [0.29, 0.717) is 17.9 Å². The highest BCUT2D eigenvalue weighted by Gasteiger charge is 2.20. The molecule has 0 fully saturated rings. The number of ether oxygens (including phenoxy) is 3. The summed E-state index contributed by atoms with van der Waals surface area (Å²) in [6.07, 6.45) is 0.702. The SMILES string of the molecule is CCOC(=O)c1ccc(CNC(=O)c2cc(C(C)Cc3ccc4c(c3)OCO4)no2)o1. The van der Waals surface area contributed by atoms with Crippen LogP contribution in [0.5, 0.6) is 11.5 Å². The molecule has 3 heterocycles. The average molecular weight is 426 g/mol. The van der Waals surface area contributed by atoms with Gasteiger partial charge in [0.15, 0.2) is 11.5 Å². The molecule has 1 amide bonds. The predicted molar refractivity (Wildman–Crippen MR) is 107 cm³/mol. The molecule has 9 nitrogen and oxygen atoms in total.